The molecule has 6 heteroatoms. The highest BCUT2D eigenvalue weighted by Gasteiger charge is 2.12. The largest absolute Gasteiger partial charge is 0.454 e. The smallest absolute Gasteiger partial charge is 0.244 e. The third-order valence-corrected chi connectivity index (χ3v) is 3.61. The molecule has 1 heterocycles. The van der Waals surface area contributed by atoms with Crippen LogP contribution in [0, 0.1) is 0 Å². The Morgan fingerprint density at radius 1 is 1.18 bits per heavy atom. The second-order valence-corrected chi connectivity index (χ2v) is 5.62. The Kier molecular flexibility index (Phi) is 4.39. The number of rotatable bonds is 4. The number of hydrazone groups is 1. The molecule has 2 aromatic rings. The quantitative estimate of drug-likeness (QED) is 0.673. The third kappa shape index (κ3) is 3.65. The number of carbonyl (C=O) groups is 1. The molecule has 5 nitrogen and oxygen atoms in total. The molecule has 0 radical (unpaired) electrons. The number of hydrogen-bond acceptors (Lipinski definition) is 4. The van der Waals surface area contributed by atoms with Gasteiger partial charge in [0.05, 0.1) is 12.6 Å². The number of nitrogens with zero attached hydrogens (tertiary/aromatic N) is 1. The fraction of sp³-hybridized carbons (Fsp3) is 0.125. The van der Waals surface area contributed by atoms with Crippen molar-refractivity contribution in [1.82, 2.24) is 5.43 Å². The van der Waals surface area contributed by atoms with Crippen molar-refractivity contribution in [3.8, 4) is 11.5 Å². The highest BCUT2D eigenvalue weighted by Crippen LogP contribution is 2.31. The lowest BCUT2D eigenvalue weighted by Gasteiger charge is -2.01. The fourth-order valence-corrected chi connectivity index (χ4v) is 2.26. The number of fused-ring (bicyclic) bond motifs is 1. The normalized spacial score (nSPS) is 12.6. The summed E-state index contributed by atoms with van der Waals surface area (Å²) in [6.07, 6.45) is 1.85. The van der Waals surface area contributed by atoms with Crippen molar-refractivity contribution in [2.45, 2.75) is 6.42 Å². The van der Waals surface area contributed by atoms with Crippen molar-refractivity contribution >= 4 is 28.1 Å². The maximum absolute atomic E-state index is 11.8. The molecule has 0 bridgehead atoms. The molecule has 0 spiro atoms. The number of hydrogen-bond donors (Lipinski definition) is 1. The van der Waals surface area contributed by atoms with Crippen molar-refractivity contribution in [1.29, 1.82) is 0 Å². The first-order chi connectivity index (χ1) is 10.7. The van der Waals surface area contributed by atoms with Crippen LogP contribution in [-0.4, -0.2) is 18.9 Å². The molecule has 0 aromatic heterocycles. The Morgan fingerprint density at radius 2 is 1.95 bits per heavy atom. The number of nitrogens with one attached hydrogen (secondary N) is 1. The van der Waals surface area contributed by atoms with Gasteiger partial charge in [-0.15, -0.1) is 0 Å². The van der Waals surface area contributed by atoms with Gasteiger partial charge >= 0.3 is 0 Å². The number of ether oxygens (including phenoxy) is 2. The molecular weight excluding hydrogens is 348 g/mol. The first-order valence-electron chi connectivity index (χ1n) is 6.67. The van der Waals surface area contributed by atoms with Crippen LogP contribution in [0.15, 0.2) is 52.0 Å². The minimum absolute atomic E-state index is 0.167. The molecular formula is C16H13BrN2O3. The monoisotopic (exact) mass is 360 g/mol. The van der Waals surface area contributed by atoms with Gasteiger partial charge in [0.1, 0.15) is 0 Å². The van der Waals surface area contributed by atoms with Crippen LogP contribution >= 0.6 is 15.9 Å². The highest BCUT2D eigenvalue weighted by molar-refractivity contribution is 9.10. The predicted molar refractivity (Wildman–Crippen MR) is 86.1 cm³/mol. The van der Waals surface area contributed by atoms with E-state index in [0.717, 1.165) is 21.3 Å². The van der Waals surface area contributed by atoms with Gasteiger partial charge in [-0.05, 0) is 41.5 Å². The van der Waals surface area contributed by atoms with Gasteiger partial charge in [0.25, 0.3) is 0 Å². The lowest BCUT2D eigenvalue weighted by atomic mass is 10.1. The van der Waals surface area contributed by atoms with Crippen LogP contribution in [0.25, 0.3) is 0 Å². The van der Waals surface area contributed by atoms with Crippen LogP contribution in [0.5, 0.6) is 11.5 Å². The predicted octanol–water partition coefficient (Wildman–Crippen LogP) is 2.87. The second-order valence-electron chi connectivity index (χ2n) is 4.71. The van der Waals surface area contributed by atoms with E-state index in [1.165, 1.54) is 0 Å². The lowest BCUT2D eigenvalue weighted by Crippen LogP contribution is -2.19. The standard InChI is InChI=1S/C16H13BrN2O3/c17-13-4-1-11(2-5-13)8-16(20)19-18-9-12-3-6-14-15(7-12)22-10-21-14/h1-7,9H,8,10H2,(H,19,20)/b18-9-. The zero-order valence-corrected chi connectivity index (χ0v) is 13.2. The fourth-order valence-electron chi connectivity index (χ4n) is 2.00. The van der Waals surface area contributed by atoms with Crippen molar-refractivity contribution in [2.24, 2.45) is 5.10 Å². The third-order valence-electron chi connectivity index (χ3n) is 3.08. The van der Waals surface area contributed by atoms with E-state index in [1.807, 2.05) is 42.5 Å². The van der Waals surface area contributed by atoms with Gasteiger partial charge in [0.2, 0.25) is 12.7 Å². The lowest BCUT2D eigenvalue weighted by molar-refractivity contribution is -0.120. The molecule has 2 aromatic carbocycles. The van der Waals surface area contributed by atoms with E-state index in [4.69, 9.17) is 9.47 Å². The van der Waals surface area contributed by atoms with E-state index >= 15 is 0 Å². The average molecular weight is 361 g/mol. The second kappa shape index (κ2) is 6.62. The minimum Gasteiger partial charge on any atom is -0.454 e. The van der Waals surface area contributed by atoms with Crippen molar-refractivity contribution in [2.75, 3.05) is 6.79 Å². The van der Waals surface area contributed by atoms with E-state index in [2.05, 4.69) is 26.5 Å². The van der Waals surface area contributed by atoms with E-state index in [1.54, 1.807) is 6.21 Å². The molecule has 1 aliphatic rings. The number of benzene rings is 2. The van der Waals surface area contributed by atoms with E-state index in [-0.39, 0.29) is 19.1 Å². The average Bonchev–Trinajstić information content (AvgIpc) is 2.97. The van der Waals surface area contributed by atoms with E-state index in [9.17, 15) is 4.79 Å². The summed E-state index contributed by atoms with van der Waals surface area (Å²) in [5.41, 5.74) is 4.27. The highest BCUT2D eigenvalue weighted by atomic mass is 79.9. The molecule has 1 amide bonds. The summed E-state index contributed by atoms with van der Waals surface area (Å²) in [4.78, 5) is 11.8. The molecule has 1 aliphatic heterocycles. The number of amides is 1. The van der Waals surface area contributed by atoms with Crippen LogP contribution in [0.3, 0.4) is 0 Å². The molecule has 1 N–H and O–H groups in total. The molecule has 0 saturated carbocycles. The van der Waals surface area contributed by atoms with Gasteiger partial charge < -0.3 is 9.47 Å². The van der Waals surface area contributed by atoms with E-state index in [0.29, 0.717) is 5.75 Å². The molecule has 0 saturated heterocycles. The molecule has 0 atom stereocenters. The summed E-state index contributed by atoms with van der Waals surface area (Å²) in [7, 11) is 0. The van der Waals surface area contributed by atoms with Crippen LogP contribution in [-0.2, 0) is 11.2 Å². The SMILES string of the molecule is O=C(Cc1ccc(Br)cc1)N/N=C\c1ccc2c(c1)OCO2. The topological polar surface area (TPSA) is 59.9 Å². The molecule has 0 aliphatic carbocycles. The molecule has 22 heavy (non-hydrogen) atoms. The molecule has 0 unspecified atom stereocenters. The van der Waals surface area contributed by atoms with Crippen LogP contribution < -0.4 is 14.9 Å². The summed E-state index contributed by atoms with van der Waals surface area (Å²) in [6.45, 7) is 0.236. The summed E-state index contributed by atoms with van der Waals surface area (Å²) in [6, 6.07) is 13.1. The summed E-state index contributed by atoms with van der Waals surface area (Å²) < 4.78 is 11.5. The summed E-state index contributed by atoms with van der Waals surface area (Å²) in [5, 5.41) is 3.95. The van der Waals surface area contributed by atoms with Gasteiger partial charge in [-0.25, -0.2) is 5.43 Å². The first kappa shape index (κ1) is 14.6. The number of halogens is 1. The zero-order chi connectivity index (χ0) is 15.4. The van der Waals surface area contributed by atoms with Crippen molar-refractivity contribution < 1.29 is 14.3 Å². The minimum atomic E-state index is -0.167. The molecule has 3 rings (SSSR count). The summed E-state index contributed by atoms with van der Waals surface area (Å²) in [5.74, 6) is 1.24. The Bertz CT molecular complexity index is 714. The van der Waals surface area contributed by atoms with Crippen molar-refractivity contribution in [3.63, 3.8) is 0 Å². The molecule has 0 fully saturated rings. The first-order valence-corrected chi connectivity index (χ1v) is 7.46. The van der Waals surface area contributed by atoms with Crippen LogP contribution in [0.4, 0.5) is 0 Å². The van der Waals surface area contributed by atoms with Gasteiger partial charge in [0.15, 0.2) is 11.5 Å². The van der Waals surface area contributed by atoms with Gasteiger partial charge in [-0.2, -0.15) is 5.10 Å². The maximum atomic E-state index is 11.8. The Labute approximate surface area is 136 Å². The molecule has 112 valence electrons. The van der Waals surface area contributed by atoms with Gasteiger partial charge in [-0.3, -0.25) is 4.79 Å². The summed E-state index contributed by atoms with van der Waals surface area (Å²) >= 11 is 3.36. The Hall–Kier alpha value is -2.34. The zero-order valence-electron chi connectivity index (χ0n) is 11.6. The maximum Gasteiger partial charge on any atom is 0.244 e. The Morgan fingerprint density at radius 3 is 2.77 bits per heavy atom. The van der Waals surface area contributed by atoms with Gasteiger partial charge in [0, 0.05) is 4.47 Å². The van der Waals surface area contributed by atoms with Crippen LogP contribution in [0.1, 0.15) is 11.1 Å². The Balaban J connectivity index is 1.55. The van der Waals surface area contributed by atoms with E-state index < -0.39 is 0 Å². The number of carbonyl (C=O) groups excluding carboxylic acids is 1. The van der Waals surface area contributed by atoms with Crippen molar-refractivity contribution in [3.05, 3.63) is 58.1 Å². The van der Waals surface area contributed by atoms with Gasteiger partial charge in [-0.1, -0.05) is 28.1 Å². The van der Waals surface area contributed by atoms with Crippen LogP contribution in [0.2, 0.25) is 0 Å².